The van der Waals surface area contributed by atoms with Crippen LogP contribution in [0.3, 0.4) is 0 Å². The third-order valence-electron chi connectivity index (χ3n) is 8.87. The van der Waals surface area contributed by atoms with Crippen LogP contribution in [0.25, 0.3) is 6.08 Å². The van der Waals surface area contributed by atoms with Gasteiger partial charge in [0.25, 0.3) is 0 Å². The molecular weight excluding hydrogens is 460 g/mol. The van der Waals surface area contributed by atoms with Crippen LogP contribution >= 0.6 is 0 Å². The van der Waals surface area contributed by atoms with Crippen molar-refractivity contribution < 1.29 is 19.4 Å². The fourth-order valence-electron chi connectivity index (χ4n) is 7.20. The smallest absolute Gasteiger partial charge is 0.169 e. The zero-order chi connectivity index (χ0) is 25.5. The van der Waals surface area contributed by atoms with Gasteiger partial charge in [-0.3, -0.25) is 4.79 Å². The molecule has 3 fully saturated rings. The van der Waals surface area contributed by atoms with Gasteiger partial charge in [-0.05, 0) is 66.2 Å². The maximum absolute atomic E-state index is 14.7. The minimum Gasteiger partial charge on any atom is -0.497 e. The fourth-order valence-corrected chi connectivity index (χ4v) is 7.20. The highest BCUT2D eigenvalue weighted by molar-refractivity contribution is 6.07. The molecule has 1 aliphatic heterocycles. The molecule has 3 aliphatic rings. The van der Waals surface area contributed by atoms with Crippen LogP contribution in [0.4, 0.5) is 0 Å². The van der Waals surface area contributed by atoms with Gasteiger partial charge in [-0.25, -0.2) is 0 Å². The first-order valence-electron chi connectivity index (χ1n) is 13.4. The summed E-state index contributed by atoms with van der Waals surface area (Å²) in [5, 5.41) is 12.0. The average molecular weight is 495 g/mol. The predicted molar refractivity (Wildman–Crippen MR) is 144 cm³/mol. The van der Waals surface area contributed by atoms with E-state index in [1.807, 2.05) is 78.9 Å². The van der Waals surface area contributed by atoms with Gasteiger partial charge in [0, 0.05) is 18.3 Å². The molecule has 5 atom stereocenters. The van der Waals surface area contributed by atoms with Gasteiger partial charge in [-0.1, -0.05) is 79.2 Å². The standard InChI is InChI=1S/C33H34O4/c1-36-27-17-15-24(16-18-27)29-28-14-8-9-20-33(28,35)37-31(25-12-6-3-7-13-25)32(29)21-19-26(30(32)34)22-23-10-4-2-5-11-23/h2-7,10-13,15-18,22,28-29,31,35H,8-9,14,19-21H2,1H3/b26-22+/t28-,29-,31+,32+,33+/m0/s1. The molecule has 2 saturated carbocycles. The van der Waals surface area contributed by atoms with Crippen molar-refractivity contribution in [2.24, 2.45) is 11.3 Å². The number of fused-ring (bicyclic) bond motifs is 1. The zero-order valence-corrected chi connectivity index (χ0v) is 21.3. The first-order valence-corrected chi connectivity index (χ1v) is 13.4. The molecule has 0 amide bonds. The number of Topliss-reactive ketones (excluding diaryl/α,β-unsaturated/α-hetero) is 1. The molecule has 0 aromatic heterocycles. The summed E-state index contributed by atoms with van der Waals surface area (Å²) in [6.07, 6.45) is 6.26. The lowest BCUT2D eigenvalue weighted by Gasteiger charge is -2.58. The number of benzene rings is 3. The van der Waals surface area contributed by atoms with Gasteiger partial charge >= 0.3 is 0 Å². The number of allylic oxidation sites excluding steroid dienone is 1. The number of ether oxygens (including phenoxy) is 2. The van der Waals surface area contributed by atoms with Gasteiger partial charge in [0.05, 0.1) is 18.6 Å². The van der Waals surface area contributed by atoms with E-state index in [1.54, 1.807) is 7.11 Å². The summed E-state index contributed by atoms with van der Waals surface area (Å²) >= 11 is 0. The van der Waals surface area contributed by atoms with E-state index in [2.05, 4.69) is 12.1 Å². The Balaban J connectivity index is 1.55. The molecule has 4 heteroatoms. The van der Waals surface area contributed by atoms with E-state index < -0.39 is 17.3 Å². The molecule has 3 aromatic carbocycles. The van der Waals surface area contributed by atoms with Gasteiger partial charge < -0.3 is 14.6 Å². The predicted octanol–water partition coefficient (Wildman–Crippen LogP) is 6.86. The van der Waals surface area contributed by atoms with Gasteiger partial charge in [-0.15, -0.1) is 0 Å². The van der Waals surface area contributed by atoms with Crippen molar-refractivity contribution in [3.63, 3.8) is 0 Å². The van der Waals surface area contributed by atoms with Crippen LogP contribution in [-0.2, 0) is 9.53 Å². The Morgan fingerprint density at radius 2 is 1.59 bits per heavy atom. The first-order chi connectivity index (χ1) is 18.0. The molecule has 4 nitrogen and oxygen atoms in total. The van der Waals surface area contributed by atoms with E-state index in [4.69, 9.17) is 9.47 Å². The SMILES string of the molecule is COc1ccc([C@H]2[C@@H]3CCCC[C@@]3(O)O[C@H](c3ccccc3)[C@]23CC/C(=C\c2ccccc2)C3=O)cc1. The van der Waals surface area contributed by atoms with E-state index in [0.717, 1.165) is 47.3 Å². The highest BCUT2D eigenvalue weighted by atomic mass is 16.6. The van der Waals surface area contributed by atoms with Gasteiger partial charge in [-0.2, -0.15) is 0 Å². The summed E-state index contributed by atoms with van der Waals surface area (Å²) in [6, 6.07) is 28.2. The average Bonchev–Trinajstić information content (AvgIpc) is 3.25. The van der Waals surface area contributed by atoms with E-state index in [0.29, 0.717) is 19.3 Å². The Labute approximate surface area is 218 Å². The number of carbonyl (C=O) groups is 1. The lowest BCUT2D eigenvalue weighted by Crippen LogP contribution is -2.59. The summed E-state index contributed by atoms with van der Waals surface area (Å²) in [4.78, 5) is 14.7. The van der Waals surface area contributed by atoms with Crippen LogP contribution in [-0.4, -0.2) is 23.8 Å². The molecule has 0 bridgehead atoms. The maximum atomic E-state index is 14.7. The van der Waals surface area contributed by atoms with Crippen LogP contribution in [0.2, 0.25) is 0 Å². The topological polar surface area (TPSA) is 55.8 Å². The lowest BCUT2D eigenvalue weighted by molar-refractivity contribution is -0.330. The highest BCUT2D eigenvalue weighted by Crippen LogP contribution is 2.67. The van der Waals surface area contributed by atoms with Gasteiger partial charge in [0.2, 0.25) is 0 Å². The van der Waals surface area contributed by atoms with Crippen molar-refractivity contribution in [1.82, 2.24) is 0 Å². The molecule has 3 aromatic rings. The van der Waals surface area contributed by atoms with Gasteiger partial charge in [0.1, 0.15) is 5.75 Å². The molecule has 1 N–H and O–H groups in total. The summed E-state index contributed by atoms with van der Waals surface area (Å²) in [5.41, 5.74) is 3.10. The van der Waals surface area contributed by atoms with Crippen molar-refractivity contribution in [3.05, 3.63) is 107 Å². The number of methoxy groups -OCH3 is 1. The van der Waals surface area contributed by atoms with Crippen molar-refractivity contribution in [2.75, 3.05) is 7.11 Å². The second-order valence-electron chi connectivity index (χ2n) is 10.8. The largest absolute Gasteiger partial charge is 0.497 e. The highest BCUT2D eigenvalue weighted by Gasteiger charge is 2.66. The van der Waals surface area contributed by atoms with Crippen LogP contribution in [0.1, 0.15) is 67.2 Å². The molecule has 1 spiro atoms. The van der Waals surface area contributed by atoms with Crippen molar-refractivity contribution in [1.29, 1.82) is 0 Å². The zero-order valence-electron chi connectivity index (χ0n) is 21.3. The minimum atomic E-state index is -1.26. The fraction of sp³-hybridized carbons (Fsp3) is 0.364. The van der Waals surface area contributed by atoms with E-state index in [-0.39, 0.29) is 17.6 Å². The Bertz CT molecular complexity index is 1280. The number of carbonyl (C=O) groups excluding carboxylic acids is 1. The molecule has 1 saturated heterocycles. The Morgan fingerprint density at radius 1 is 0.892 bits per heavy atom. The Hall–Kier alpha value is -3.21. The maximum Gasteiger partial charge on any atom is 0.169 e. The molecule has 2 aliphatic carbocycles. The second kappa shape index (κ2) is 9.59. The molecule has 1 heterocycles. The summed E-state index contributed by atoms with van der Waals surface area (Å²) in [5.74, 6) is -0.656. The molecule has 0 unspecified atom stereocenters. The van der Waals surface area contributed by atoms with Crippen LogP contribution in [0.5, 0.6) is 5.75 Å². The molecule has 0 radical (unpaired) electrons. The molecule has 37 heavy (non-hydrogen) atoms. The number of rotatable bonds is 4. The molecule has 190 valence electrons. The number of ketones is 1. The Morgan fingerprint density at radius 3 is 2.30 bits per heavy atom. The Kier molecular flexibility index (Phi) is 6.26. The van der Waals surface area contributed by atoms with E-state index in [1.165, 1.54) is 0 Å². The van der Waals surface area contributed by atoms with E-state index >= 15 is 0 Å². The van der Waals surface area contributed by atoms with Crippen LogP contribution < -0.4 is 4.74 Å². The third-order valence-corrected chi connectivity index (χ3v) is 8.87. The summed E-state index contributed by atoms with van der Waals surface area (Å²) < 4.78 is 12.2. The quantitative estimate of drug-likeness (QED) is 0.403. The van der Waals surface area contributed by atoms with Crippen molar-refractivity contribution in [2.45, 2.75) is 56.3 Å². The van der Waals surface area contributed by atoms with Crippen LogP contribution in [0, 0.1) is 11.3 Å². The summed E-state index contributed by atoms with van der Waals surface area (Å²) in [6.45, 7) is 0. The minimum absolute atomic E-state index is 0.152. The van der Waals surface area contributed by atoms with Crippen LogP contribution in [0.15, 0.2) is 90.5 Å². The summed E-state index contributed by atoms with van der Waals surface area (Å²) in [7, 11) is 1.66. The number of hydrogen-bond donors (Lipinski definition) is 1. The first kappa shape index (κ1) is 24.1. The van der Waals surface area contributed by atoms with Gasteiger partial charge in [0.15, 0.2) is 11.6 Å². The number of hydrogen-bond acceptors (Lipinski definition) is 4. The molecular formula is C33H34O4. The van der Waals surface area contributed by atoms with Crippen molar-refractivity contribution in [3.8, 4) is 5.75 Å². The second-order valence-corrected chi connectivity index (χ2v) is 10.8. The third kappa shape index (κ3) is 4.03. The van der Waals surface area contributed by atoms with E-state index in [9.17, 15) is 9.90 Å². The monoisotopic (exact) mass is 494 g/mol. The lowest BCUT2D eigenvalue weighted by atomic mass is 9.55. The number of aliphatic hydroxyl groups is 1. The molecule has 6 rings (SSSR count). The van der Waals surface area contributed by atoms with Crippen molar-refractivity contribution >= 4 is 11.9 Å². The normalized spacial score (nSPS) is 32.4.